The predicted octanol–water partition coefficient (Wildman–Crippen LogP) is 2.26. The van der Waals surface area contributed by atoms with Gasteiger partial charge in [0.15, 0.2) is 0 Å². The number of benzene rings is 2. The second-order valence-electron chi connectivity index (χ2n) is 5.25. The summed E-state index contributed by atoms with van der Waals surface area (Å²) in [6.45, 7) is 1.32. The van der Waals surface area contributed by atoms with Gasteiger partial charge < -0.3 is 15.2 Å². The Bertz CT molecular complexity index is 735. The van der Waals surface area contributed by atoms with Crippen LogP contribution in [0.15, 0.2) is 54.6 Å². The van der Waals surface area contributed by atoms with Crippen LogP contribution in [0.5, 0.6) is 0 Å². The van der Waals surface area contributed by atoms with Crippen LogP contribution >= 0.6 is 0 Å². The average molecular weight is 330 g/mol. The van der Waals surface area contributed by atoms with Crippen molar-refractivity contribution in [2.24, 2.45) is 0 Å². The fourth-order valence-corrected chi connectivity index (χ4v) is 2.50. The van der Waals surface area contributed by atoms with Crippen molar-refractivity contribution in [2.75, 3.05) is 7.11 Å². The van der Waals surface area contributed by atoms with Crippen molar-refractivity contribution < 1.29 is 19.6 Å². The first kappa shape index (κ1) is 17.6. The summed E-state index contributed by atoms with van der Waals surface area (Å²) in [5.74, 6) is -2.34. The van der Waals surface area contributed by atoms with E-state index < -0.39 is 16.8 Å². The number of nitrogens with one attached hydrogen (secondary N) is 1. The Labute approximate surface area is 139 Å². The van der Waals surface area contributed by atoms with Gasteiger partial charge in [0, 0.05) is 31.7 Å². The molecule has 0 aromatic heterocycles. The Morgan fingerprint density at radius 2 is 1.92 bits per heavy atom. The maximum atomic E-state index is 11.6. The monoisotopic (exact) mass is 330 g/mol. The molecule has 0 aliphatic rings. The van der Waals surface area contributed by atoms with Gasteiger partial charge in [-0.15, -0.1) is 0 Å². The molecule has 1 amide bonds. The minimum Gasteiger partial charge on any atom is -0.360 e. The molecule has 0 heterocycles. The van der Waals surface area contributed by atoms with Crippen molar-refractivity contribution in [3.8, 4) is 0 Å². The van der Waals surface area contributed by atoms with Crippen LogP contribution < -0.4 is 5.32 Å². The number of carbonyl (C=O) groups is 1. The topological polar surface area (TPSA) is 102 Å². The van der Waals surface area contributed by atoms with Crippen molar-refractivity contribution >= 4 is 11.6 Å². The third-order valence-corrected chi connectivity index (χ3v) is 3.65. The normalized spacial score (nSPS) is 14.5. The van der Waals surface area contributed by atoms with E-state index >= 15 is 0 Å². The Hall–Kier alpha value is -2.77. The summed E-state index contributed by atoms with van der Waals surface area (Å²) < 4.78 is 5.29. The number of non-ortho nitro benzene ring substituents is 1. The Balaban J connectivity index is 2.56. The number of ether oxygens (including phenoxy) is 1. The SMILES string of the molecule is CO[C@@](O)(c1cccc([N+](=O)[O-])c1)[C@H](NC(C)=O)c1ccccc1. The van der Waals surface area contributed by atoms with Gasteiger partial charge >= 0.3 is 0 Å². The number of aliphatic hydroxyl groups is 1. The summed E-state index contributed by atoms with van der Waals surface area (Å²) in [6, 6.07) is 13.3. The number of nitro benzene ring substituents is 1. The first-order chi connectivity index (χ1) is 11.4. The average Bonchev–Trinajstić information content (AvgIpc) is 2.59. The van der Waals surface area contributed by atoms with Gasteiger partial charge in [0.2, 0.25) is 11.7 Å². The van der Waals surface area contributed by atoms with Crippen LogP contribution in [0.2, 0.25) is 0 Å². The van der Waals surface area contributed by atoms with Crippen LogP contribution in [0.1, 0.15) is 24.1 Å². The Morgan fingerprint density at radius 3 is 2.46 bits per heavy atom. The smallest absolute Gasteiger partial charge is 0.269 e. The van der Waals surface area contributed by atoms with Crippen LogP contribution in [0.25, 0.3) is 0 Å². The first-order valence-corrected chi connectivity index (χ1v) is 7.23. The lowest BCUT2D eigenvalue weighted by Crippen LogP contribution is -2.45. The highest BCUT2D eigenvalue weighted by molar-refractivity contribution is 5.73. The largest absolute Gasteiger partial charge is 0.360 e. The summed E-state index contributed by atoms with van der Waals surface area (Å²) in [4.78, 5) is 22.0. The van der Waals surface area contributed by atoms with Crippen molar-refractivity contribution in [3.05, 3.63) is 75.8 Å². The Kier molecular flexibility index (Phi) is 5.28. The second kappa shape index (κ2) is 7.20. The molecule has 0 spiro atoms. The maximum Gasteiger partial charge on any atom is 0.269 e. The van der Waals surface area contributed by atoms with Crippen LogP contribution in [-0.2, 0) is 15.3 Å². The highest BCUT2D eigenvalue weighted by Crippen LogP contribution is 2.37. The van der Waals surface area contributed by atoms with E-state index in [0.717, 1.165) is 0 Å². The Morgan fingerprint density at radius 1 is 1.25 bits per heavy atom. The van der Waals surface area contributed by atoms with E-state index in [-0.39, 0.29) is 17.2 Å². The zero-order valence-electron chi connectivity index (χ0n) is 13.3. The van der Waals surface area contributed by atoms with E-state index in [9.17, 15) is 20.0 Å². The molecule has 7 heteroatoms. The molecule has 126 valence electrons. The standard InChI is InChI=1S/C17H18N2O5/c1-12(20)18-16(13-7-4-3-5-8-13)17(21,24-2)14-9-6-10-15(11-14)19(22)23/h3-11,16,21H,1-2H3,(H,18,20)/t16-,17+/m1/s1. The van der Waals surface area contributed by atoms with Gasteiger partial charge in [0.05, 0.1) is 4.92 Å². The minimum absolute atomic E-state index is 0.168. The predicted molar refractivity (Wildman–Crippen MR) is 87.0 cm³/mol. The van der Waals surface area contributed by atoms with Crippen molar-refractivity contribution in [2.45, 2.75) is 18.8 Å². The van der Waals surface area contributed by atoms with Gasteiger partial charge in [-0.3, -0.25) is 14.9 Å². The summed E-state index contributed by atoms with van der Waals surface area (Å²) in [5, 5.41) is 24.8. The van der Waals surface area contributed by atoms with Gasteiger partial charge in [0.1, 0.15) is 6.04 Å². The van der Waals surface area contributed by atoms with E-state index in [0.29, 0.717) is 5.56 Å². The molecular weight excluding hydrogens is 312 g/mol. The third kappa shape index (κ3) is 3.58. The van der Waals surface area contributed by atoms with E-state index in [1.807, 2.05) is 0 Å². The van der Waals surface area contributed by atoms with Crippen LogP contribution in [0.3, 0.4) is 0 Å². The zero-order chi connectivity index (χ0) is 17.7. The van der Waals surface area contributed by atoms with Crippen LogP contribution in [0, 0.1) is 10.1 Å². The van der Waals surface area contributed by atoms with E-state index in [4.69, 9.17) is 4.74 Å². The molecule has 0 bridgehead atoms. The van der Waals surface area contributed by atoms with Crippen LogP contribution in [0.4, 0.5) is 5.69 Å². The van der Waals surface area contributed by atoms with Gasteiger partial charge in [-0.05, 0) is 5.56 Å². The highest BCUT2D eigenvalue weighted by Gasteiger charge is 2.41. The zero-order valence-corrected chi connectivity index (χ0v) is 13.3. The number of nitrogens with zero attached hydrogens (tertiary/aromatic N) is 1. The number of amides is 1. The molecule has 2 aromatic rings. The number of nitro groups is 1. The molecule has 2 N–H and O–H groups in total. The van der Waals surface area contributed by atoms with Crippen molar-refractivity contribution in [1.82, 2.24) is 5.32 Å². The molecule has 0 saturated heterocycles. The number of methoxy groups -OCH3 is 1. The fourth-order valence-electron chi connectivity index (χ4n) is 2.50. The van der Waals surface area contributed by atoms with Crippen molar-refractivity contribution in [1.29, 1.82) is 0 Å². The lowest BCUT2D eigenvalue weighted by Gasteiger charge is -2.35. The van der Waals surface area contributed by atoms with Crippen LogP contribution in [-0.4, -0.2) is 23.0 Å². The molecule has 0 aliphatic carbocycles. The molecule has 2 atom stereocenters. The maximum absolute atomic E-state index is 11.6. The first-order valence-electron chi connectivity index (χ1n) is 7.23. The summed E-state index contributed by atoms with van der Waals surface area (Å²) in [5.41, 5.74) is 0.586. The molecule has 24 heavy (non-hydrogen) atoms. The number of hydrogen-bond donors (Lipinski definition) is 2. The summed E-state index contributed by atoms with van der Waals surface area (Å²) in [7, 11) is 1.27. The number of rotatable bonds is 6. The molecule has 0 radical (unpaired) electrons. The fraction of sp³-hybridized carbons (Fsp3) is 0.235. The molecule has 0 unspecified atom stereocenters. The number of hydrogen-bond acceptors (Lipinski definition) is 5. The second-order valence-corrected chi connectivity index (χ2v) is 5.25. The van der Waals surface area contributed by atoms with E-state index in [2.05, 4.69) is 5.32 Å². The third-order valence-electron chi connectivity index (χ3n) is 3.65. The van der Waals surface area contributed by atoms with Crippen molar-refractivity contribution in [3.63, 3.8) is 0 Å². The molecular formula is C17H18N2O5. The van der Waals surface area contributed by atoms with Gasteiger partial charge in [-0.2, -0.15) is 0 Å². The minimum atomic E-state index is -1.97. The van der Waals surface area contributed by atoms with E-state index in [1.54, 1.807) is 30.3 Å². The quantitative estimate of drug-likeness (QED) is 0.480. The molecule has 2 rings (SSSR count). The summed E-state index contributed by atoms with van der Waals surface area (Å²) in [6.07, 6.45) is 0. The molecule has 0 saturated carbocycles. The molecule has 0 fully saturated rings. The van der Waals surface area contributed by atoms with Gasteiger partial charge in [-0.1, -0.05) is 42.5 Å². The summed E-state index contributed by atoms with van der Waals surface area (Å²) >= 11 is 0. The molecule has 0 aliphatic heterocycles. The molecule has 2 aromatic carbocycles. The van der Waals surface area contributed by atoms with E-state index in [1.165, 1.54) is 38.3 Å². The number of carbonyl (C=O) groups excluding carboxylic acids is 1. The lowest BCUT2D eigenvalue weighted by atomic mass is 9.91. The molecule has 7 nitrogen and oxygen atoms in total. The van der Waals surface area contributed by atoms with Gasteiger partial charge in [0.25, 0.3) is 5.69 Å². The lowest BCUT2D eigenvalue weighted by molar-refractivity contribution is -0.385. The highest BCUT2D eigenvalue weighted by atomic mass is 16.6. The van der Waals surface area contributed by atoms with Gasteiger partial charge in [-0.25, -0.2) is 0 Å².